The molecular formula is C18H24N2O4S. The molecule has 1 fully saturated rings. The van der Waals surface area contributed by atoms with Gasteiger partial charge in [-0.25, -0.2) is 8.42 Å². The molecule has 2 heterocycles. The molecule has 1 aliphatic rings. The van der Waals surface area contributed by atoms with Crippen LogP contribution in [0.1, 0.15) is 35.4 Å². The molecule has 7 heteroatoms. The summed E-state index contributed by atoms with van der Waals surface area (Å²) in [6.45, 7) is 8.20. The second kappa shape index (κ2) is 6.80. The van der Waals surface area contributed by atoms with E-state index in [1.165, 1.54) is 4.31 Å². The van der Waals surface area contributed by atoms with Gasteiger partial charge in [0, 0.05) is 13.1 Å². The van der Waals surface area contributed by atoms with Crippen molar-refractivity contribution in [2.75, 3.05) is 13.1 Å². The van der Waals surface area contributed by atoms with E-state index in [1.807, 2.05) is 26.0 Å². The zero-order chi connectivity index (χ0) is 18.2. The van der Waals surface area contributed by atoms with Crippen LogP contribution in [0, 0.1) is 27.7 Å². The standard InChI is InChI=1S/C18H24N2O4S/c1-12-5-6-13(2)17(11-12)23-16-7-9-20(10-8-16)25(21,22)18-14(3)19-24-15(18)4/h5-6,11,16H,7-10H2,1-4H3. The molecule has 0 N–H and O–H groups in total. The normalized spacial score (nSPS) is 17.0. The summed E-state index contributed by atoms with van der Waals surface area (Å²) in [5.41, 5.74) is 2.65. The third-order valence-corrected chi connectivity index (χ3v) is 6.75. The van der Waals surface area contributed by atoms with Gasteiger partial charge in [0.15, 0.2) is 5.76 Å². The second-order valence-corrected chi connectivity index (χ2v) is 8.52. The Hall–Kier alpha value is -1.86. The summed E-state index contributed by atoms with van der Waals surface area (Å²) in [4.78, 5) is 0.196. The van der Waals surface area contributed by atoms with E-state index in [2.05, 4.69) is 11.2 Å². The summed E-state index contributed by atoms with van der Waals surface area (Å²) >= 11 is 0. The predicted octanol–water partition coefficient (Wildman–Crippen LogP) is 3.14. The van der Waals surface area contributed by atoms with Crippen molar-refractivity contribution in [3.8, 4) is 5.75 Å². The molecule has 0 atom stereocenters. The first-order valence-electron chi connectivity index (χ1n) is 8.46. The minimum atomic E-state index is -3.57. The summed E-state index contributed by atoms with van der Waals surface area (Å²) in [6.07, 6.45) is 1.35. The first kappa shape index (κ1) is 17.9. The minimum absolute atomic E-state index is 0.0246. The van der Waals surface area contributed by atoms with Crippen LogP contribution < -0.4 is 4.74 Å². The van der Waals surface area contributed by atoms with Crippen LogP contribution in [0.3, 0.4) is 0 Å². The Balaban J connectivity index is 1.69. The maximum atomic E-state index is 12.8. The van der Waals surface area contributed by atoms with E-state index in [1.54, 1.807) is 13.8 Å². The smallest absolute Gasteiger partial charge is 0.248 e. The minimum Gasteiger partial charge on any atom is -0.490 e. The summed E-state index contributed by atoms with van der Waals surface area (Å²) in [5, 5.41) is 3.76. The highest BCUT2D eigenvalue weighted by atomic mass is 32.2. The Bertz CT molecular complexity index is 846. The van der Waals surface area contributed by atoms with Crippen LogP contribution >= 0.6 is 0 Å². The molecule has 1 aliphatic heterocycles. The lowest BCUT2D eigenvalue weighted by molar-refractivity contribution is 0.134. The molecule has 1 aromatic carbocycles. The van der Waals surface area contributed by atoms with Crippen LogP contribution in [0.25, 0.3) is 0 Å². The van der Waals surface area contributed by atoms with Gasteiger partial charge in [-0.3, -0.25) is 0 Å². The van der Waals surface area contributed by atoms with Gasteiger partial charge in [-0.15, -0.1) is 0 Å². The van der Waals surface area contributed by atoms with E-state index in [0.717, 1.165) is 16.9 Å². The maximum Gasteiger partial charge on any atom is 0.248 e. The molecule has 1 aromatic heterocycles. The van der Waals surface area contributed by atoms with E-state index in [-0.39, 0.29) is 11.0 Å². The molecule has 0 radical (unpaired) electrons. The number of nitrogens with zero attached hydrogens (tertiary/aromatic N) is 2. The summed E-state index contributed by atoms with van der Waals surface area (Å²) in [6, 6.07) is 6.13. The molecule has 0 saturated carbocycles. The molecule has 1 saturated heterocycles. The topological polar surface area (TPSA) is 72.6 Å². The molecule has 136 valence electrons. The number of benzene rings is 1. The number of hydrogen-bond acceptors (Lipinski definition) is 5. The third kappa shape index (κ3) is 3.57. The predicted molar refractivity (Wildman–Crippen MR) is 94.3 cm³/mol. The lowest BCUT2D eigenvalue weighted by atomic mass is 10.1. The van der Waals surface area contributed by atoms with Crippen molar-refractivity contribution in [2.45, 2.75) is 51.5 Å². The lowest BCUT2D eigenvalue weighted by Gasteiger charge is -2.31. The number of sulfonamides is 1. The molecule has 0 bridgehead atoms. The summed E-state index contributed by atoms with van der Waals surface area (Å²) < 4.78 is 38.3. The van der Waals surface area contributed by atoms with Gasteiger partial charge in [0.2, 0.25) is 10.0 Å². The van der Waals surface area contributed by atoms with Gasteiger partial charge >= 0.3 is 0 Å². The van der Waals surface area contributed by atoms with Gasteiger partial charge in [0.05, 0.1) is 0 Å². The van der Waals surface area contributed by atoms with E-state index in [9.17, 15) is 8.42 Å². The Labute approximate surface area is 148 Å². The molecule has 6 nitrogen and oxygen atoms in total. The number of ether oxygens (including phenoxy) is 1. The van der Waals surface area contributed by atoms with Crippen LogP contribution in [0.5, 0.6) is 5.75 Å². The SMILES string of the molecule is Cc1ccc(C)c(OC2CCN(S(=O)(=O)c3c(C)noc3C)CC2)c1. The first-order chi connectivity index (χ1) is 11.8. The fourth-order valence-corrected chi connectivity index (χ4v) is 4.94. The van der Waals surface area contributed by atoms with Crippen molar-refractivity contribution in [3.05, 3.63) is 40.8 Å². The van der Waals surface area contributed by atoms with Gasteiger partial charge in [-0.1, -0.05) is 17.3 Å². The lowest BCUT2D eigenvalue weighted by Crippen LogP contribution is -2.42. The van der Waals surface area contributed by atoms with Gasteiger partial charge < -0.3 is 9.26 Å². The summed E-state index contributed by atoms with van der Waals surface area (Å²) in [5.74, 6) is 1.22. The van der Waals surface area contributed by atoms with Crippen LogP contribution in [-0.2, 0) is 10.0 Å². The molecule has 25 heavy (non-hydrogen) atoms. The van der Waals surface area contributed by atoms with Gasteiger partial charge in [-0.2, -0.15) is 4.31 Å². The zero-order valence-corrected chi connectivity index (χ0v) is 15.9. The second-order valence-electron chi connectivity index (χ2n) is 6.64. The molecule has 0 unspecified atom stereocenters. The highest BCUT2D eigenvalue weighted by Crippen LogP contribution is 2.28. The van der Waals surface area contributed by atoms with Crippen molar-refractivity contribution in [1.82, 2.24) is 9.46 Å². The van der Waals surface area contributed by atoms with E-state index in [4.69, 9.17) is 9.26 Å². The van der Waals surface area contributed by atoms with E-state index < -0.39 is 10.0 Å². The summed E-state index contributed by atoms with van der Waals surface area (Å²) in [7, 11) is -3.57. The Morgan fingerprint density at radius 1 is 1.16 bits per heavy atom. The van der Waals surface area contributed by atoms with Crippen LogP contribution in [0.15, 0.2) is 27.6 Å². The Morgan fingerprint density at radius 3 is 2.44 bits per heavy atom. The van der Waals surface area contributed by atoms with E-state index >= 15 is 0 Å². The van der Waals surface area contributed by atoms with Gasteiger partial charge in [0.1, 0.15) is 22.4 Å². The zero-order valence-electron chi connectivity index (χ0n) is 15.1. The monoisotopic (exact) mass is 364 g/mol. The highest BCUT2D eigenvalue weighted by molar-refractivity contribution is 7.89. The van der Waals surface area contributed by atoms with Crippen LogP contribution in [0.2, 0.25) is 0 Å². The third-order valence-electron chi connectivity index (χ3n) is 4.60. The average Bonchev–Trinajstić information content (AvgIpc) is 2.91. The Kier molecular flexibility index (Phi) is 4.88. The number of aromatic nitrogens is 1. The molecule has 0 amide bonds. The van der Waals surface area contributed by atoms with Crippen LogP contribution in [0.4, 0.5) is 0 Å². The molecule has 0 aliphatic carbocycles. The number of rotatable bonds is 4. The van der Waals surface area contributed by atoms with Crippen molar-refractivity contribution < 1.29 is 17.7 Å². The first-order valence-corrected chi connectivity index (χ1v) is 9.90. The van der Waals surface area contributed by atoms with Crippen molar-refractivity contribution in [1.29, 1.82) is 0 Å². The fourth-order valence-electron chi connectivity index (χ4n) is 3.18. The van der Waals surface area contributed by atoms with Crippen molar-refractivity contribution in [3.63, 3.8) is 0 Å². The van der Waals surface area contributed by atoms with E-state index in [0.29, 0.717) is 37.4 Å². The Morgan fingerprint density at radius 2 is 1.84 bits per heavy atom. The maximum absolute atomic E-state index is 12.8. The molecular weight excluding hydrogens is 340 g/mol. The number of aryl methyl sites for hydroxylation is 4. The number of hydrogen-bond donors (Lipinski definition) is 0. The largest absolute Gasteiger partial charge is 0.490 e. The number of piperidine rings is 1. The van der Waals surface area contributed by atoms with Crippen LogP contribution in [-0.4, -0.2) is 37.1 Å². The molecule has 3 rings (SSSR count). The van der Waals surface area contributed by atoms with Gasteiger partial charge in [-0.05, 0) is 57.7 Å². The van der Waals surface area contributed by atoms with Crippen molar-refractivity contribution in [2.24, 2.45) is 0 Å². The fraction of sp³-hybridized carbons (Fsp3) is 0.500. The molecule has 2 aromatic rings. The van der Waals surface area contributed by atoms with Crippen molar-refractivity contribution >= 4 is 10.0 Å². The van der Waals surface area contributed by atoms with Gasteiger partial charge in [0.25, 0.3) is 0 Å². The molecule has 0 spiro atoms. The highest BCUT2D eigenvalue weighted by Gasteiger charge is 2.34. The average molecular weight is 364 g/mol. The quantitative estimate of drug-likeness (QED) is 0.833.